The highest BCUT2D eigenvalue weighted by Gasteiger charge is 2.13. The maximum Gasteiger partial charge on any atom is 0.331 e. The predicted octanol–water partition coefficient (Wildman–Crippen LogP) is 4.42. The predicted molar refractivity (Wildman–Crippen MR) is 127 cm³/mol. The number of thiazole rings is 1. The first-order valence-electron chi connectivity index (χ1n) is 10.1. The van der Waals surface area contributed by atoms with Crippen LogP contribution < -0.4 is 19.5 Å². The van der Waals surface area contributed by atoms with Crippen LogP contribution in [0.1, 0.15) is 12.5 Å². The first-order chi connectivity index (χ1) is 16.0. The van der Waals surface area contributed by atoms with Crippen molar-refractivity contribution >= 4 is 34.4 Å². The number of nitrogens with zero attached hydrogens (tertiary/aromatic N) is 1. The molecule has 1 amide bonds. The van der Waals surface area contributed by atoms with Crippen LogP contribution in [0.25, 0.3) is 17.3 Å². The molecular formula is C24H24N2O6S. The summed E-state index contributed by atoms with van der Waals surface area (Å²) in [6.07, 6.45) is 2.87. The Morgan fingerprint density at radius 2 is 1.82 bits per heavy atom. The Morgan fingerprint density at radius 1 is 1.06 bits per heavy atom. The number of rotatable bonds is 10. The average Bonchev–Trinajstić information content (AvgIpc) is 3.30. The van der Waals surface area contributed by atoms with Crippen molar-refractivity contribution in [2.24, 2.45) is 0 Å². The summed E-state index contributed by atoms with van der Waals surface area (Å²) in [6, 6.07) is 12.6. The summed E-state index contributed by atoms with van der Waals surface area (Å²) in [6.45, 7) is 2.07. The SMILES string of the molecule is CCOc1ccc(/C=C/C(=O)OCC(=O)Nc2nc(-c3cc(OC)ccc3OC)cs2)cc1. The van der Waals surface area contributed by atoms with E-state index in [1.54, 1.807) is 43.9 Å². The van der Waals surface area contributed by atoms with E-state index in [4.69, 9.17) is 18.9 Å². The molecule has 0 aliphatic carbocycles. The maximum absolute atomic E-state index is 12.2. The van der Waals surface area contributed by atoms with Gasteiger partial charge in [0.15, 0.2) is 11.7 Å². The summed E-state index contributed by atoms with van der Waals surface area (Å²) in [5.41, 5.74) is 2.17. The van der Waals surface area contributed by atoms with Crippen LogP contribution in [0.5, 0.6) is 17.2 Å². The van der Waals surface area contributed by atoms with E-state index in [2.05, 4.69) is 10.3 Å². The number of nitrogens with one attached hydrogen (secondary N) is 1. The number of methoxy groups -OCH3 is 2. The molecule has 0 radical (unpaired) electrons. The molecule has 0 atom stereocenters. The molecule has 172 valence electrons. The highest BCUT2D eigenvalue weighted by Crippen LogP contribution is 2.35. The molecule has 1 N–H and O–H groups in total. The topological polar surface area (TPSA) is 96.0 Å². The van der Waals surface area contributed by atoms with Crippen molar-refractivity contribution in [2.45, 2.75) is 6.92 Å². The molecule has 0 unspecified atom stereocenters. The van der Waals surface area contributed by atoms with Crippen molar-refractivity contribution < 1.29 is 28.5 Å². The monoisotopic (exact) mass is 468 g/mol. The number of amides is 1. The first kappa shape index (κ1) is 23.8. The molecule has 0 saturated carbocycles. The summed E-state index contributed by atoms with van der Waals surface area (Å²) >= 11 is 1.25. The Kier molecular flexibility index (Phi) is 8.43. The molecule has 33 heavy (non-hydrogen) atoms. The number of aromatic nitrogens is 1. The lowest BCUT2D eigenvalue weighted by atomic mass is 10.1. The van der Waals surface area contributed by atoms with Gasteiger partial charge in [0.1, 0.15) is 17.2 Å². The Labute approximate surface area is 195 Å². The van der Waals surface area contributed by atoms with Crippen LogP contribution in [0, 0.1) is 0 Å². The first-order valence-corrected chi connectivity index (χ1v) is 11.0. The summed E-state index contributed by atoms with van der Waals surface area (Å²) in [7, 11) is 3.14. The van der Waals surface area contributed by atoms with Crippen molar-refractivity contribution in [3.05, 3.63) is 59.5 Å². The van der Waals surface area contributed by atoms with Gasteiger partial charge in [0, 0.05) is 17.0 Å². The number of ether oxygens (including phenoxy) is 4. The summed E-state index contributed by atoms with van der Waals surface area (Å²) in [5, 5.41) is 4.79. The molecule has 0 bridgehead atoms. The van der Waals surface area contributed by atoms with Crippen molar-refractivity contribution in [1.29, 1.82) is 0 Å². The molecule has 0 aliphatic heterocycles. The van der Waals surface area contributed by atoms with Crippen LogP contribution in [0.2, 0.25) is 0 Å². The second-order valence-corrected chi connectivity index (χ2v) is 7.45. The van der Waals surface area contributed by atoms with Gasteiger partial charge in [-0.3, -0.25) is 10.1 Å². The van der Waals surface area contributed by atoms with Crippen LogP contribution >= 0.6 is 11.3 Å². The van der Waals surface area contributed by atoms with Gasteiger partial charge in [0.25, 0.3) is 5.91 Å². The summed E-state index contributed by atoms with van der Waals surface area (Å²) < 4.78 is 21.0. The van der Waals surface area contributed by atoms with Gasteiger partial charge in [0.05, 0.1) is 26.5 Å². The third kappa shape index (κ3) is 6.81. The summed E-state index contributed by atoms with van der Waals surface area (Å²) in [4.78, 5) is 28.5. The highest BCUT2D eigenvalue weighted by atomic mass is 32.1. The fourth-order valence-corrected chi connectivity index (χ4v) is 3.54. The van der Waals surface area contributed by atoms with Gasteiger partial charge in [0.2, 0.25) is 0 Å². The van der Waals surface area contributed by atoms with E-state index in [1.165, 1.54) is 17.4 Å². The molecule has 2 aromatic carbocycles. The van der Waals surface area contributed by atoms with Gasteiger partial charge < -0.3 is 18.9 Å². The Balaban J connectivity index is 1.52. The Morgan fingerprint density at radius 3 is 2.52 bits per heavy atom. The van der Waals surface area contributed by atoms with Gasteiger partial charge in [-0.15, -0.1) is 11.3 Å². The zero-order valence-electron chi connectivity index (χ0n) is 18.5. The fraction of sp³-hybridized carbons (Fsp3) is 0.208. The molecule has 3 aromatic rings. The van der Waals surface area contributed by atoms with Crippen LogP contribution in [0.3, 0.4) is 0 Å². The molecule has 9 heteroatoms. The number of benzene rings is 2. The van der Waals surface area contributed by atoms with Gasteiger partial charge in [-0.2, -0.15) is 0 Å². The smallest absolute Gasteiger partial charge is 0.331 e. The van der Waals surface area contributed by atoms with E-state index in [0.717, 1.165) is 16.9 Å². The third-order valence-electron chi connectivity index (χ3n) is 4.38. The molecule has 1 aromatic heterocycles. The molecule has 1 heterocycles. The van der Waals surface area contributed by atoms with E-state index in [-0.39, 0.29) is 0 Å². The van der Waals surface area contributed by atoms with Gasteiger partial charge in [-0.05, 0) is 48.9 Å². The number of carbonyl (C=O) groups excluding carboxylic acids is 2. The van der Waals surface area contributed by atoms with E-state index in [1.807, 2.05) is 31.2 Å². The van der Waals surface area contributed by atoms with Crippen LogP contribution in [-0.4, -0.2) is 44.3 Å². The highest BCUT2D eigenvalue weighted by molar-refractivity contribution is 7.14. The lowest BCUT2D eigenvalue weighted by Gasteiger charge is -2.08. The van der Waals surface area contributed by atoms with Crippen molar-refractivity contribution in [3.63, 3.8) is 0 Å². The number of anilines is 1. The average molecular weight is 469 g/mol. The van der Waals surface area contributed by atoms with E-state index in [9.17, 15) is 9.59 Å². The lowest BCUT2D eigenvalue weighted by Crippen LogP contribution is -2.20. The standard InChI is InChI=1S/C24H24N2O6S/c1-4-31-17-8-5-16(6-9-17)7-12-23(28)32-14-22(27)26-24-25-20(15-33-24)19-13-18(29-2)10-11-21(19)30-3/h5-13,15H,4,14H2,1-3H3,(H,25,26,27)/b12-7+. The number of hydrogen-bond donors (Lipinski definition) is 1. The second kappa shape index (κ2) is 11.7. The van der Waals surface area contributed by atoms with Crippen LogP contribution in [-0.2, 0) is 14.3 Å². The number of hydrogen-bond acceptors (Lipinski definition) is 8. The normalized spacial score (nSPS) is 10.6. The van der Waals surface area contributed by atoms with E-state index < -0.39 is 18.5 Å². The minimum atomic E-state index is -0.625. The van der Waals surface area contributed by atoms with E-state index in [0.29, 0.717) is 28.9 Å². The van der Waals surface area contributed by atoms with E-state index >= 15 is 0 Å². The largest absolute Gasteiger partial charge is 0.497 e. The third-order valence-corrected chi connectivity index (χ3v) is 5.14. The van der Waals surface area contributed by atoms with Gasteiger partial charge in [-0.25, -0.2) is 9.78 Å². The molecule has 0 spiro atoms. The molecule has 0 fully saturated rings. The molecule has 0 saturated heterocycles. The molecular weight excluding hydrogens is 444 g/mol. The zero-order valence-corrected chi connectivity index (χ0v) is 19.3. The van der Waals surface area contributed by atoms with Crippen molar-refractivity contribution in [3.8, 4) is 28.5 Å². The van der Waals surface area contributed by atoms with Crippen molar-refractivity contribution in [1.82, 2.24) is 4.98 Å². The number of carbonyl (C=O) groups is 2. The maximum atomic E-state index is 12.2. The zero-order chi connectivity index (χ0) is 23.6. The second-order valence-electron chi connectivity index (χ2n) is 6.60. The van der Waals surface area contributed by atoms with Crippen LogP contribution in [0.4, 0.5) is 5.13 Å². The van der Waals surface area contributed by atoms with Gasteiger partial charge in [-0.1, -0.05) is 12.1 Å². The lowest BCUT2D eigenvalue weighted by molar-refractivity contribution is -0.142. The minimum absolute atomic E-state index is 0.376. The molecule has 0 aliphatic rings. The molecule has 8 nitrogen and oxygen atoms in total. The Bertz CT molecular complexity index is 1120. The quantitative estimate of drug-likeness (QED) is 0.348. The minimum Gasteiger partial charge on any atom is -0.497 e. The fourth-order valence-electron chi connectivity index (χ4n) is 2.82. The van der Waals surface area contributed by atoms with Gasteiger partial charge >= 0.3 is 5.97 Å². The van der Waals surface area contributed by atoms with Crippen molar-refractivity contribution in [2.75, 3.05) is 32.8 Å². The Hall–Kier alpha value is -3.85. The molecule has 3 rings (SSSR count). The van der Waals surface area contributed by atoms with Crippen LogP contribution in [0.15, 0.2) is 53.9 Å². The number of esters is 1. The summed E-state index contributed by atoms with van der Waals surface area (Å²) in [5.74, 6) is 0.933.